The van der Waals surface area contributed by atoms with Gasteiger partial charge in [0, 0.05) is 16.6 Å². The van der Waals surface area contributed by atoms with E-state index in [1.807, 2.05) is 0 Å². The molecule has 0 bridgehead atoms. The Morgan fingerprint density at radius 3 is 2.69 bits per heavy atom. The molecule has 0 atom stereocenters. The summed E-state index contributed by atoms with van der Waals surface area (Å²) in [6.45, 7) is 0. The summed E-state index contributed by atoms with van der Waals surface area (Å²) in [5.41, 5.74) is 6.76. The summed E-state index contributed by atoms with van der Waals surface area (Å²) in [4.78, 5) is 7.74. The fraction of sp³-hybridized carbons (Fsp3) is 0.222. The molecule has 0 unspecified atom stereocenters. The van der Waals surface area contributed by atoms with Crippen molar-refractivity contribution in [1.29, 1.82) is 0 Å². The number of aromatic nitrogens is 3. The number of halogens is 2. The Hall–Kier alpha value is -3.00. The first-order valence-corrected chi connectivity index (χ1v) is 8.23. The smallest absolute Gasteiger partial charge is 0.280 e. The third-order valence-electron chi connectivity index (χ3n) is 4.33. The molecule has 3 aromatic heterocycles. The molecular weight excluding hydrogens is 342 g/mol. The Morgan fingerprint density at radius 1 is 1.23 bits per heavy atom. The predicted octanol–water partition coefficient (Wildman–Crippen LogP) is 4.04. The molecule has 134 valence electrons. The number of nitrogens with two attached hydrogens (primary N) is 1. The van der Waals surface area contributed by atoms with E-state index in [9.17, 15) is 8.92 Å². The lowest BCUT2D eigenvalue weighted by Crippen LogP contribution is -2.27. The molecule has 1 saturated carbocycles. The average Bonchev–Trinajstić information content (AvgIpc) is 3.24. The number of hydrogen-bond donors (Lipinski definition) is 1. The topological polar surface area (TPSA) is 78.6 Å². The first-order chi connectivity index (χ1) is 12.7. The number of rotatable bonds is 2. The maximum absolute atomic E-state index is 13.7. The molecule has 5 rings (SSSR count). The van der Waals surface area contributed by atoms with Crippen LogP contribution in [-0.4, -0.2) is 20.6 Å². The van der Waals surface area contributed by atoms with Crippen molar-refractivity contribution in [2.24, 2.45) is 5.73 Å². The van der Waals surface area contributed by atoms with Crippen LogP contribution in [0.5, 0.6) is 5.88 Å². The highest BCUT2D eigenvalue weighted by Gasteiger charge is 2.15. The molecule has 4 aromatic rings. The molecule has 0 radical (unpaired) electrons. The van der Waals surface area contributed by atoms with E-state index >= 15 is 0 Å². The second kappa shape index (κ2) is 6.72. The van der Waals surface area contributed by atoms with Gasteiger partial charge in [0.2, 0.25) is 0 Å². The molecule has 0 aliphatic heterocycles. The summed E-state index contributed by atoms with van der Waals surface area (Å²) in [7, 11) is 0. The first kappa shape index (κ1) is 16.5. The summed E-state index contributed by atoms with van der Waals surface area (Å²) in [5.74, 6) is -0.202. The standard InChI is InChI=1S/C14H7F2N3O2.C4H9N/c15-9-2-1-3-11-8(9)6-12(20-11)10-7-17-13-4-5-14(21-16)18-19(10)13;5-4-2-1-3-4/h1-7H;4H,1-3,5H2. The largest absolute Gasteiger partial charge is 0.454 e. The van der Waals surface area contributed by atoms with Gasteiger partial charge in [-0.25, -0.2) is 13.9 Å². The van der Waals surface area contributed by atoms with Crippen molar-refractivity contribution in [3.05, 3.63) is 48.4 Å². The van der Waals surface area contributed by atoms with E-state index < -0.39 is 0 Å². The molecule has 2 N–H and O–H groups in total. The molecule has 0 saturated heterocycles. The fourth-order valence-corrected chi connectivity index (χ4v) is 2.66. The number of imidazole rings is 1. The second-order valence-corrected chi connectivity index (χ2v) is 6.12. The van der Waals surface area contributed by atoms with Gasteiger partial charge in [0.25, 0.3) is 5.88 Å². The van der Waals surface area contributed by atoms with Crippen LogP contribution in [0, 0.1) is 5.82 Å². The van der Waals surface area contributed by atoms with E-state index in [2.05, 4.69) is 15.0 Å². The molecule has 8 heteroatoms. The van der Waals surface area contributed by atoms with Gasteiger partial charge < -0.3 is 10.2 Å². The molecule has 6 nitrogen and oxygen atoms in total. The lowest BCUT2D eigenvalue weighted by atomic mass is 9.95. The second-order valence-electron chi connectivity index (χ2n) is 6.12. The summed E-state index contributed by atoms with van der Waals surface area (Å²) >= 11 is 0. The van der Waals surface area contributed by atoms with Gasteiger partial charge in [0.15, 0.2) is 11.4 Å². The van der Waals surface area contributed by atoms with Gasteiger partial charge in [0.05, 0.1) is 11.6 Å². The van der Waals surface area contributed by atoms with Crippen molar-refractivity contribution in [1.82, 2.24) is 14.6 Å². The van der Waals surface area contributed by atoms with Crippen LogP contribution in [0.2, 0.25) is 0 Å². The highest BCUT2D eigenvalue weighted by atomic mass is 19.3. The Kier molecular flexibility index (Phi) is 4.26. The minimum Gasteiger partial charge on any atom is -0.454 e. The molecule has 0 spiro atoms. The normalized spacial score (nSPS) is 14.1. The molecule has 1 aliphatic rings. The van der Waals surface area contributed by atoms with Gasteiger partial charge in [-0.2, -0.15) is 0 Å². The van der Waals surface area contributed by atoms with E-state index in [1.54, 1.807) is 24.3 Å². The van der Waals surface area contributed by atoms with Crippen LogP contribution in [0.1, 0.15) is 19.3 Å². The number of benzene rings is 1. The van der Waals surface area contributed by atoms with E-state index in [0.29, 0.717) is 34.1 Å². The van der Waals surface area contributed by atoms with Crippen LogP contribution >= 0.6 is 0 Å². The zero-order valence-corrected chi connectivity index (χ0v) is 13.7. The van der Waals surface area contributed by atoms with Gasteiger partial charge in [-0.3, -0.25) is 4.94 Å². The number of nitrogens with zero attached hydrogens (tertiary/aromatic N) is 3. The molecule has 26 heavy (non-hydrogen) atoms. The monoisotopic (exact) mass is 358 g/mol. The SMILES string of the molecule is FOc1ccc2ncc(-c3cc4c(F)cccc4o3)n2n1.NC1CCC1. The van der Waals surface area contributed by atoms with Crippen LogP contribution in [-0.2, 0) is 0 Å². The van der Waals surface area contributed by atoms with E-state index in [0.717, 1.165) is 0 Å². The Morgan fingerprint density at radius 2 is 2.04 bits per heavy atom. The fourth-order valence-electron chi connectivity index (χ4n) is 2.66. The van der Waals surface area contributed by atoms with E-state index in [-0.39, 0.29) is 11.7 Å². The maximum atomic E-state index is 13.7. The minimum absolute atomic E-state index is 0.205. The highest BCUT2D eigenvalue weighted by molar-refractivity contribution is 5.83. The lowest BCUT2D eigenvalue weighted by Gasteiger charge is -2.18. The molecule has 1 aromatic carbocycles. The highest BCUT2D eigenvalue weighted by Crippen LogP contribution is 2.29. The van der Waals surface area contributed by atoms with Crippen molar-refractivity contribution in [3.63, 3.8) is 0 Å². The maximum Gasteiger partial charge on any atom is 0.280 e. The number of fused-ring (bicyclic) bond motifs is 2. The summed E-state index contributed by atoms with van der Waals surface area (Å²) in [6.07, 6.45) is 5.40. The summed E-state index contributed by atoms with van der Waals surface area (Å²) in [6, 6.07) is 9.60. The zero-order chi connectivity index (χ0) is 18.1. The molecular formula is C18H16F2N4O2. The first-order valence-electron chi connectivity index (χ1n) is 8.23. The van der Waals surface area contributed by atoms with Crippen LogP contribution in [0.4, 0.5) is 8.92 Å². The van der Waals surface area contributed by atoms with Crippen molar-refractivity contribution >= 4 is 16.6 Å². The number of hydrogen-bond acceptors (Lipinski definition) is 5. The summed E-state index contributed by atoms with van der Waals surface area (Å²) in [5, 5.41) is 4.29. The third kappa shape index (κ3) is 2.99. The minimum atomic E-state index is -0.378. The molecule has 0 amide bonds. The molecule has 3 heterocycles. The van der Waals surface area contributed by atoms with Crippen LogP contribution in [0.15, 0.2) is 47.0 Å². The van der Waals surface area contributed by atoms with Crippen LogP contribution in [0.3, 0.4) is 0 Å². The zero-order valence-electron chi connectivity index (χ0n) is 13.7. The average molecular weight is 358 g/mol. The van der Waals surface area contributed by atoms with Crippen molar-refractivity contribution in [2.75, 3.05) is 0 Å². The van der Waals surface area contributed by atoms with Crippen LogP contribution < -0.4 is 10.7 Å². The van der Waals surface area contributed by atoms with Gasteiger partial charge >= 0.3 is 0 Å². The van der Waals surface area contributed by atoms with Gasteiger partial charge in [-0.05, 0) is 37.1 Å². The Labute approximate surface area is 147 Å². The Balaban J connectivity index is 0.000000292. The van der Waals surface area contributed by atoms with Gasteiger partial charge in [-0.1, -0.05) is 12.5 Å². The number of furan rings is 1. The van der Waals surface area contributed by atoms with Crippen molar-refractivity contribution in [2.45, 2.75) is 25.3 Å². The third-order valence-corrected chi connectivity index (χ3v) is 4.33. The van der Waals surface area contributed by atoms with Crippen LogP contribution in [0.25, 0.3) is 28.1 Å². The van der Waals surface area contributed by atoms with Gasteiger partial charge in [0.1, 0.15) is 17.1 Å². The van der Waals surface area contributed by atoms with E-state index in [1.165, 1.54) is 42.1 Å². The van der Waals surface area contributed by atoms with Crippen molar-refractivity contribution in [3.8, 4) is 17.3 Å². The Bertz CT molecular complexity index is 1060. The van der Waals surface area contributed by atoms with Gasteiger partial charge in [-0.15, -0.1) is 5.10 Å². The summed E-state index contributed by atoms with van der Waals surface area (Å²) < 4.78 is 32.9. The van der Waals surface area contributed by atoms with Crippen molar-refractivity contribution < 1.29 is 18.3 Å². The quantitative estimate of drug-likeness (QED) is 0.585. The molecule has 1 fully saturated rings. The lowest BCUT2D eigenvalue weighted by molar-refractivity contribution is -0.0132. The predicted molar refractivity (Wildman–Crippen MR) is 91.7 cm³/mol. The van der Waals surface area contributed by atoms with E-state index in [4.69, 9.17) is 10.2 Å². The molecule has 1 aliphatic carbocycles.